The van der Waals surface area contributed by atoms with Crippen LogP contribution >= 0.6 is 0 Å². The van der Waals surface area contributed by atoms with Crippen LogP contribution in [0.25, 0.3) is 0 Å². The second-order valence-electron chi connectivity index (χ2n) is 6.40. The molecule has 27 heavy (non-hydrogen) atoms. The van der Waals surface area contributed by atoms with Crippen molar-refractivity contribution in [1.29, 1.82) is 0 Å². The lowest BCUT2D eigenvalue weighted by atomic mass is 9.97. The molecule has 2 aromatic rings. The molecule has 1 aliphatic heterocycles. The number of anilines is 2. The normalized spacial score (nSPS) is 16.7. The fraction of sp³-hybridized carbons (Fsp3) is 0.316. The zero-order valence-electron chi connectivity index (χ0n) is 14.9. The van der Waals surface area contributed by atoms with Gasteiger partial charge in [0.05, 0.1) is 24.9 Å². The van der Waals surface area contributed by atoms with E-state index in [2.05, 4.69) is 10.3 Å². The molecule has 3 N–H and O–H groups in total. The van der Waals surface area contributed by atoms with Gasteiger partial charge in [0, 0.05) is 18.7 Å². The number of methoxy groups -OCH3 is 1. The molecule has 0 radical (unpaired) electrons. The van der Waals surface area contributed by atoms with E-state index in [1.165, 1.54) is 25.4 Å². The Balaban J connectivity index is 1.66. The molecule has 1 aliphatic rings. The summed E-state index contributed by atoms with van der Waals surface area (Å²) in [6.07, 6.45) is 3.19. The van der Waals surface area contributed by atoms with E-state index in [4.69, 9.17) is 10.5 Å². The van der Waals surface area contributed by atoms with Crippen molar-refractivity contribution in [3.8, 4) is 5.75 Å². The van der Waals surface area contributed by atoms with E-state index in [-0.39, 0.29) is 23.1 Å². The molecule has 1 saturated heterocycles. The number of halogens is 1. The number of primary amides is 1. The van der Waals surface area contributed by atoms with Gasteiger partial charge in [-0.1, -0.05) is 0 Å². The molecular formula is C19H21FN4O3. The molecule has 1 atom stereocenters. The number of ether oxygens (including phenoxy) is 1. The lowest BCUT2D eigenvalue weighted by molar-refractivity contribution is -0.122. The van der Waals surface area contributed by atoms with Gasteiger partial charge in [-0.25, -0.2) is 9.37 Å². The first-order valence-corrected chi connectivity index (χ1v) is 8.63. The fourth-order valence-corrected chi connectivity index (χ4v) is 3.08. The number of benzene rings is 1. The van der Waals surface area contributed by atoms with Crippen LogP contribution in [0.1, 0.15) is 23.2 Å². The number of carbonyl (C=O) groups excluding carboxylic acids is 2. The summed E-state index contributed by atoms with van der Waals surface area (Å²) >= 11 is 0. The highest BCUT2D eigenvalue weighted by atomic mass is 19.1. The summed E-state index contributed by atoms with van der Waals surface area (Å²) in [7, 11) is 1.36. The number of piperidine rings is 1. The number of nitrogens with one attached hydrogen (secondary N) is 1. The Morgan fingerprint density at radius 1 is 1.33 bits per heavy atom. The number of hydrogen-bond acceptors (Lipinski definition) is 5. The smallest absolute Gasteiger partial charge is 0.255 e. The SMILES string of the molecule is COc1ccc(C(=O)Nc2ccc(N3CCCC(C(N)=O)C3)nc2)cc1F. The summed E-state index contributed by atoms with van der Waals surface area (Å²) in [5.41, 5.74) is 6.07. The number of hydrogen-bond donors (Lipinski definition) is 2. The van der Waals surface area contributed by atoms with E-state index >= 15 is 0 Å². The minimum atomic E-state index is -0.604. The van der Waals surface area contributed by atoms with Crippen LogP contribution in [0.2, 0.25) is 0 Å². The van der Waals surface area contributed by atoms with Gasteiger partial charge >= 0.3 is 0 Å². The van der Waals surface area contributed by atoms with Crippen LogP contribution in [0, 0.1) is 11.7 Å². The first kappa shape index (κ1) is 18.6. The second-order valence-corrected chi connectivity index (χ2v) is 6.40. The topological polar surface area (TPSA) is 97.5 Å². The summed E-state index contributed by atoms with van der Waals surface area (Å²) in [5, 5.41) is 2.68. The van der Waals surface area contributed by atoms with Gasteiger partial charge in [-0.3, -0.25) is 9.59 Å². The van der Waals surface area contributed by atoms with Crippen LogP contribution in [0.5, 0.6) is 5.75 Å². The number of nitrogens with zero attached hydrogens (tertiary/aromatic N) is 2. The summed E-state index contributed by atoms with van der Waals surface area (Å²) < 4.78 is 18.6. The average Bonchev–Trinajstić information content (AvgIpc) is 2.68. The lowest BCUT2D eigenvalue weighted by Crippen LogP contribution is -2.41. The molecule has 0 bridgehead atoms. The van der Waals surface area contributed by atoms with Crippen molar-refractivity contribution in [2.24, 2.45) is 11.7 Å². The van der Waals surface area contributed by atoms with Crippen molar-refractivity contribution in [3.05, 3.63) is 47.9 Å². The van der Waals surface area contributed by atoms with Gasteiger partial charge in [0.25, 0.3) is 5.91 Å². The highest BCUT2D eigenvalue weighted by Crippen LogP contribution is 2.23. The molecule has 3 rings (SSSR count). The number of rotatable bonds is 5. The third kappa shape index (κ3) is 4.33. The van der Waals surface area contributed by atoms with E-state index in [0.29, 0.717) is 12.2 Å². The van der Waals surface area contributed by atoms with E-state index in [0.717, 1.165) is 31.3 Å². The summed E-state index contributed by atoms with van der Waals surface area (Å²) in [5.74, 6) is -0.728. The Labute approximate surface area is 156 Å². The maximum absolute atomic E-state index is 13.7. The highest BCUT2D eigenvalue weighted by Gasteiger charge is 2.24. The molecule has 0 aliphatic carbocycles. The molecule has 1 aromatic carbocycles. The minimum absolute atomic E-state index is 0.0772. The first-order chi connectivity index (χ1) is 13.0. The van der Waals surface area contributed by atoms with Gasteiger partial charge in [-0.2, -0.15) is 0 Å². The van der Waals surface area contributed by atoms with Crippen LogP contribution < -0.4 is 20.7 Å². The van der Waals surface area contributed by atoms with Crippen LogP contribution in [0.3, 0.4) is 0 Å². The van der Waals surface area contributed by atoms with Crippen molar-refractivity contribution < 1.29 is 18.7 Å². The summed E-state index contributed by atoms with van der Waals surface area (Å²) in [4.78, 5) is 30.0. The predicted octanol–water partition coefficient (Wildman–Crippen LogP) is 2.18. The molecule has 1 fully saturated rings. The first-order valence-electron chi connectivity index (χ1n) is 8.63. The molecule has 2 amide bonds. The molecule has 1 unspecified atom stereocenters. The maximum atomic E-state index is 13.7. The van der Waals surface area contributed by atoms with Crippen LogP contribution in [0.15, 0.2) is 36.5 Å². The van der Waals surface area contributed by atoms with Crippen LogP contribution in [0.4, 0.5) is 15.9 Å². The number of aromatic nitrogens is 1. The largest absolute Gasteiger partial charge is 0.494 e. The van der Waals surface area contributed by atoms with Crippen LogP contribution in [-0.4, -0.2) is 37.0 Å². The molecule has 7 nitrogen and oxygen atoms in total. The van der Waals surface area contributed by atoms with E-state index < -0.39 is 11.7 Å². The Morgan fingerprint density at radius 3 is 2.78 bits per heavy atom. The van der Waals surface area contributed by atoms with E-state index in [9.17, 15) is 14.0 Å². The van der Waals surface area contributed by atoms with Crippen molar-refractivity contribution in [3.63, 3.8) is 0 Å². The zero-order chi connectivity index (χ0) is 19.4. The molecule has 0 spiro atoms. The minimum Gasteiger partial charge on any atom is -0.494 e. The maximum Gasteiger partial charge on any atom is 0.255 e. The Morgan fingerprint density at radius 2 is 2.15 bits per heavy atom. The average molecular weight is 372 g/mol. The number of pyridine rings is 1. The van der Waals surface area contributed by atoms with Crippen LogP contribution in [-0.2, 0) is 4.79 Å². The summed E-state index contributed by atoms with van der Waals surface area (Å²) in [6, 6.07) is 7.49. The molecule has 142 valence electrons. The number of carbonyl (C=O) groups is 2. The third-order valence-electron chi connectivity index (χ3n) is 4.57. The summed E-state index contributed by atoms with van der Waals surface area (Å²) in [6.45, 7) is 1.34. The van der Waals surface area contributed by atoms with Crippen molar-refractivity contribution in [1.82, 2.24) is 4.98 Å². The molecule has 2 heterocycles. The standard InChI is InChI=1S/C19H21FN4O3/c1-27-16-6-4-12(9-15(16)20)19(26)23-14-5-7-17(22-10-14)24-8-2-3-13(11-24)18(21)25/h4-7,9-10,13H,2-3,8,11H2,1H3,(H2,21,25)(H,23,26). The van der Waals surface area contributed by atoms with Gasteiger partial charge in [0.2, 0.25) is 5.91 Å². The monoisotopic (exact) mass is 372 g/mol. The van der Waals surface area contributed by atoms with Crippen molar-refractivity contribution >= 4 is 23.3 Å². The Hall–Kier alpha value is -3.16. The quantitative estimate of drug-likeness (QED) is 0.838. The Bertz CT molecular complexity index is 841. The van der Waals surface area contributed by atoms with Gasteiger partial charge in [0.15, 0.2) is 11.6 Å². The van der Waals surface area contributed by atoms with Gasteiger partial charge in [-0.15, -0.1) is 0 Å². The van der Waals surface area contributed by atoms with Crippen molar-refractivity contribution in [2.75, 3.05) is 30.4 Å². The third-order valence-corrected chi connectivity index (χ3v) is 4.57. The second kappa shape index (κ2) is 8.03. The molecule has 8 heteroatoms. The predicted molar refractivity (Wildman–Crippen MR) is 99.3 cm³/mol. The van der Waals surface area contributed by atoms with Gasteiger partial charge in [0.1, 0.15) is 5.82 Å². The van der Waals surface area contributed by atoms with E-state index in [1.54, 1.807) is 12.1 Å². The highest BCUT2D eigenvalue weighted by molar-refractivity contribution is 6.04. The Kier molecular flexibility index (Phi) is 5.54. The van der Waals surface area contributed by atoms with E-state index in [1.807, 2.05) is 4.90 Å². The number of amides is 2. The molecular weight excluding hydrogens is 351 g/mol. The molecule has 0 saturated carbocycles. The number of nitrogens with two attached hydrogens (primary N) is 1. The van der Waals surface area contributed by atoms with Gasteiger partial charge < -0.3 is 20.7 Å². The fourth-order valence-electron chi connectivity index (χ4n) is 3.08. The van der Waals surface area contributed by atoms with Crippen molar-refractivity contribution in [2.45, 2.75) is 12.8 Å². The van der Waals surface area contributed by atoms with Gasteiger partial charge in [-0.05, 0) is 43.2 Å². The zero-order valence-corrected chi connectivity index (χ0v) is 14.9. The molecule has 1 aromatic heterocycles. The lowest BCUT2D eigenvalue weighted by Gasteiger charge is -2.32.